The normalized spacial score (nSPS) is 10.9. The smallest absolute Gasteiger partial charge is 0.290 e. The summed E-state index contributed by atoms with van der Waals surface area (Å²) < 4.78 is 29.4. The van der Waals surface area contributed by atoms with Gasteiger partial charge in [-0.05, 0) is 38.8 Å². The topological polar surface area (TPSA) is 75.3 Å². The van der Waals surface area contributed by atoms with Crippen molar-refractivity contribution in [1.29, 1.82) is 0 Å². The van der Waals surface area contributed by atoms with Gasteiger partial charge in [0.2, 0.25) is 0 Å². The molecule has 23 heavy (non-hydrogen) atoms. The van der Waals surface area contributed by atoms with E-state index in [1.165, 1.54) is 25.3 Å². The van der Waals surface area contributed by atoms with E-state index in [-0.39, 0.29) is 17.6 Å². The van der Waals surface area contributed by atoms with E-state index in [0.29, 0.717) is 18.8 Å². The van der Waals surface area contributed by atoms with Gasteiger partial charge >= 0.3 is 0 Å². The van der Waals surface area contributed by atoms with E-state index in [4.69, 9.17) is 9.90 Å². The van der Waals surface area contributed by atoms with E-state index in [1.807, 2.05) is 0 Å². The van der Waals surface area contributed by atoms with Crippen molar-refractivity contribution < 1.29 is 23.8 Å². The van der Waals surface area contributed by atoms with Gasteiger partial charge in [-0.25, -0.2) is 13.8 Å². The summed E-state index contributed by atoms with van der Waals surface area (Å²) in [6.07, 6.45) is 3.72. The molecule has 0 atom stereocenters. The number of hydrogen-bond acceptors (Lipinski definition) is 3. The number of carboxylic acid groups (broad SMARTS) is 1. The number of rotatable bonds is 4. The molecule has 2 rings (SSSR count). The monoisotopic (exact) mass is 326 g/mol. The number of hydrogen-bond donors (Lipinski definition) is 2. The third-order valence-corrected chi connectivity index (χ3v) is 3.20. The number of carbonyl (C=O) groups is 1. The lowest BCUT2D eigenvalue weighted by atomic mass is 10.1. The van der Waals surface area contributed by atoms with Gasteiger partial charge in [0.25, 0.3) is 6.47 Å². The highest BCUT2D eigenvalue weighted by Gasteiger charge is 2.18. The second-order valence-corrected chi connectivity index (χ2v) is 5.67. The summed E-state index contributed by atoms with van der Waals surface area (Å²) in [5.74, 6) is -1.37. The van der Waals surface area contributed by atoms with E-state index in [0.717, 1.165) is 0 Å². The first-order valence-electron chi connectivity index (χ1n) is 6.97. The SMILES string of the molecule is Cc1ccc(-c2nccn2CCC(C)(C)O)c(F)c1F.O=CO. The summed E-state index contributed by atoms with van der Waals surface area (Å²) >= 11 is 0. The van der Waals surface area contributed by atoms with Crippen molar-refractivity contribution >= 4 is 6.47 Å². The van der Waals surface area contributed by atoms with Crippen molar-refractivity contribution in [3.8, 4) is 11.4 Å². The zero-order valence-electron chi connectivity index (χ0n) is 13.3. The number of aromatic nitrogens is 2. The fraction of sp³-hybridized carbons (Fsp3) is 0.375. The highest BCUT2D eigenvalue weighted by atomic mass is 19.2. The standard InChI is InChI=1S/C15H18F2N2O.CH2O2/c1-10-4-5-11(13(17)12(10)16)14-18-7-9-19(14)8-6-15(2,3)20;2-1-3/h4-5,7,9,20H,6,8H2,1-3H3;1H,(H,2,3). The maximum absolute atomic E-state index is 14.0. The van der Waals surface area contributed by atoms with Crippen molar-refractivity contribution in [3.63, 3.8) is 0 Å². The number of nitrogens with zero attached hydrogens (tertiary/aromatic N) is 2. The van der Waals surface area contributed by atoms with Gasteiger partial charge in [-0.2, -0.15) is 0 Å². The molecular weight excluding hydrogens is 306 g/mol. The van der Waals surface area contributed by atoms with Gasteiger partial charge in [-0.3, -0.25) is 4.79 Å². The molecule has 1 aromatic carbocycles. The van der Waals surface area contributed by atoms with Crippen LogP contribution in [0.4, 0.5) is 8.78 Å². The Balaban J connectivity index is 0.000000816. The molecule has 126 valence electrons. The molecule has 5 nitrogen and oxygen atoms in total. The van der Waals surface area contributed by atoms with Gasteiger partial charge < -0.3 is 14.8 Å². The fourth-order valence-corrected chi connectivity index (χ4v) is 1.95. The molecule has 0 amide bonds. The van der Waals surface area contributed by atoms with Crippen LogP contribution in [0.2, 0.25) is 0 Å². The first-order valence-corrected chi connectivity index (χ1v) is 6.97. The zero-order chi connectivity index (χ0) is 17.6. The average molecular weight is 326 g/mol. The van der Waals surface area contributed by atoms with Crippen LogP contribution in [-0.4, -0.2) is 31.8 Å². The van der Waals surface area contributed by atoms with Gasteiger partial charge in [0.15, 0.2) is 11.6 Å². The van der Waals surface area contributed by atoms with Crippen LogP contribution in [0.25, 0.3) is 11.4 Å². The van der Waals surface area contributed by atoms with Crippen LogP contribution in [0.3, 0.4) is 0 Å². The Morgan fingerprint density at radius 3 is 2.48 bits per heavy atom. The first kappa shape index (κ1) is 18.8. The van der Waals surface area contributed by atoms with Crippen molar-refractivity contribution in [1.82, 2.24) is 9.55 Å². The minimum Gasteiger partial charge on any atom is -0.483 e. The molecule has 7 heteroatoms. The molecule has 0 aliphatic carbocycles. The van der Waals surface area contributed by atoms with E-state index in [1.54, 1.807) is 24.6 Å². The van der Waals surface area contributed by atoms with Crippen LogP contribution in [-0.2, 0) is 11.3 Å². The summed E-state index contributed by atoms with van der Waals surface area (Å²) in [5.41, 5.74) is -0.423. The van der Waals surface area contributed by atoms with Crippen LogP contribution < -0.4 is 0 Å². The van der Waals surface area contributed by atoms with Gasteiger partial charge in [0.05, 0.1) is 11.2 Å². The predicted octanol–water partition coefficient (Wildman–Crippen LogP) is 3.00. The first-order chi connectivity index (χ1) is 10.7. The van der Waals surface area contributed by atoms with Gasteiger partial charge in [-0.15, -0.1) is 0 Å². The zero-order valence-corrected chi connectivity index (χ0v) is 13.3. The molecule has 1 heterocycles. The van der Waals surface area contributed by atoms with E-state index in [2.05, 4.69) is 4.98 Å². The molecule has 0 aliphatic rings. The van der Waals surface area contributed by atoms with Crippen LogP contribution in [0.15, 0.2) is 24.5 Å². The maximum atomic E-state index is 14.0. The second-order valence-electron chi connectivity index (χ2n) is 5.67. The van der Waals surface area contributed by atoms with Gasteiger partial charge in [0, 0.05) is 18.9 Å². The molecule has 2 N–H and O–H groups in total. The second kappa shape index (κ2) is 7.82. The third-order valence-electron chi connectivity index (χ3n) is 3.20. The third kappa shape index (κ3) is 5.14. The number of imidazole rings is 1. The fourth-order valence-electron chi connectivity index (χ4n) is 1.95. The van der Waals surface area contributed by atoms with E-state index >= 15 is 0 Å². The van der Waals surface area contributed by atoms with Crippen molar-refractivity contribution in [2.75, 3.05) is 0 Å². The molecule has 2 aromatic rings. The van der Waals surface area contributed by atoms with Crippen LogP contribution in [0, 0.1) is 18.6 Å². The van der Waals surface area contributed by atoms with Gasteiger partial charge in [-0.1, -0.05) is 6.07 Å². The molecule has 0 spiro atoms. The van der Waals surface area contributed by atoms with E-state index in [9.17, 15) is 13.9 Å². The molecule has 0 radical (unpaired) electrons. The largest absolute Gasteiger partial charge is 0.483 e. The Bertz CT molecular complexity index is 664. The Morgan fingerprint density at radius 1 is 1.30 bits per heavy atom. The summed E-state index contributed by atoms with van der Waals surface area (Å²) in [4.78, 5) is 12.5. The van der Waals surface area contributed by atoms with Gasteiger partial charge in [0.1, 0.15) is 5.82 Å². The Hall–Kier alpha value is -2.28. The summed E-state index contributed by atoms with van der Waals surface area (Å²) in [6, 6.07) is 3.05. The molecule has 1 aromatic heterocycles. The maximum Gasteiger partial charge on any atom is 0.290 e. The average Bonchev–Trinajstić information content (AvgIpc) is 2.91. The predicted molar refractivity (Wildman–Crippen MR) is 81.9 cm³/mol. The summed E-state index contributed by atoms with van der Waals surface area (Å²) in [5, 5.41) is 16.6. The van der Waals surface area contributed by atoms with Crippen molar-refractivity contribution in [2.45, 2.75) is 39.3 Å². The number of aryl methyl sites for hydroxylation is 2. The Morgan fingerprint density at radius 2 is 1.91 bits per heavy atom. The Labute approximate surface area is 133 Å². The minimum absolute atomic E-state index is 0.133. The lowest BCUT2D eigenvalue weighted by molar-refractivity contribution is -0.122. The number of aliphatic hydroxyl groups is 1. The lowest BCUT2D eigenvalue weighted by Gasteiger charge is -2.18. The van der Waals surface area contributed by atoms with Crippen LogP contribution in [0.1, 0.15) is 25.8 Å². The van der Waals surface area contributed by atoms with Crippen LogP contribution in [0.5, 0.6) is 0 Å². The van der Waals surface area contributed by atoms with E-state index < -0.39 is 17.2 Å². The molecule has 0 bridgehead atoms. The Kier molecular flexibility index (Phi) is 6.38. The number of halogens is 2. The minimum atomic E-state index is -0.888. The summed E-state index contributed by atoms with van der Waals surface area (Å²) in [7, 11) is 0. The quantitative estimate of drug-likeness (QED) is 0.847. The molecule has 0 aliphatic heterocycles. The van der Waals surface area contributed by atoms with Crippen molar-refractivity contribution in [2.24, 2.45) is 0 Å². The molecule has 0 saturated heterocycles. The highest BCUT2D eigenvalue weighted by molar-refractivity contribution is 5.57. The molecule has 0 unspecified atom stereocenters. The summed E-state index contributed by atoms with van der Waals surface area (Å²) in [6.45, 7) is 5.15. The van der Waals surface area contributed by atoms with Crippen molar-refractivity contribution in [3.05, 3.63) is 41.7 Å². The lowest BCUT2D eigenvalue weighted by Crippen LogP contribution is -2.21. The highest BCUT2D eigenvalue weighted by Crippen LogP contribution is 2.25. The molecular formula is C16H20F2N2O3. The number of benzene rings is 1. The van der Waals surface area contributed by atoms with Crippen LogP contribution >= 0.6 is 0 Å². The molecule has 0 saturated carbocycles. The molecule has 0 fully saturated rings.